The monoisotopic (exact) mass is 548 g/mol. The van der Waals surface area contributed by atoms with Gasteiger partial charge in [0.15, 0.2) is 9.84 Å². The zero-order valence-corrected chi connectivity index (χ0v) is 20.1. The number of benzene rings is 1. The normalized spacial score (nSPS) is 15.5. The maximum Gasteiger partial charge on any atom is 0.490 e. The van der Waals surface area contributed by atoms with E-state index in [9.17, 15) is 31.2 Å². The van der Waals surface area contributed by atoms with Gasteiger partial charge in [-0.1, -0.05) is 11.8 Å². The Morgan fingerprint density at radius 3 is 2.16 bits per heavy atom. The number of amides is 2. The zero-order valence-electron chi connectivity index (χ0n) is 19.3. The first kappa shape index (κ1) is 31.4. The van der Waals surface area contributed by atoms with Gasteiger partial charge in [-0.3, -0.25) is 14.8 Å². The van der Waals surface area contributed by atoms with Gasteiger partial charge in [-0.15, -0.1) is 0 Å². The smallest absolute Gasteiger partial charge is 0.475 e. The Kier molecular flexibility index (Phi) is 11.6. The molecule has 1 atom stereocenters. The molecule has 37 heavy (non-hydrogen) atoms. The highest BCUT2D eigenvalue weighted by atomic mass is 32.2. The van der Waals surface area contributed by atoms with E-state index in [2.05, 4.69) is 29.0 Å². The van der Waals surface area contributed by atoms with Gasteiger partial charge in [-0.25, -0.2) is 18.7 Å². The topological polar surface area (TPSA) is 179 Å². The van der Waals surface area contributed by atoms with Crippen LogP contribution in [0.15, 0.2) is 24.3 Å². The van der Waals surface area contributed by atoms with E-state index in [-0.39, 0.29) is 18.8 Å². The summed E-state index contributed by atoms with van der Waals surface area (Å²) in [5.74, 6) is 5.38. The predicted octanol–water partition coefficient (Wildman–Crippen LogP) is -0.135. The number of sulfone groups is 1. The lowest BCUT2D eigenvalue weighted by atomic mass is 9.95. The Bertz CT molecular complexity index is 1200. The molecule has 1 aliphatic rings. The van der Waals surface area contributed by atoms with Crippen molar-refractivity contribution in [2.45, 2.75) is 31.2 Å². The molecule has 1 unspecified atom stereocenters. The van der Waals surface area contributed by atoms with Crippen LogP contribution >= 0.6 is 0 Å². The van der Waals surface area contributed by atoms with Crippen molar-refractivity contribution in [3.63, 3.8) is 0 Å². The van der Waals surface area contributed by atoms with Crippen molar-refractivity contribution in [2.24, 2.45) is 0 Å². The highest BCUT2D eigenvalue weighted by molar-refractivity contribution is 7.93. The summed E-state index contributed by atoms with van der Waals surface area (Å²) in [6.45, 7) is 1.72. The number of nitrogens with one attached hydrogen (secondary N) is 2. The molecule has 1 heterocycles. The molecule has 5 N–H and O–H groups in total. The van der Waals surface area contributed by atoms with Crippen LogP contribution in [0.5, 0.6) is 0 Å². The van der Waals surface area contributed by atoms with Crippen molar-refractivity contribution in [1.82, 2.24) is 10.8 Å². The van der Waals surface area contributed by atoms with Gasteiger partial charge >= 0.3 is 12.1 Å². The van der Waals surface area contributed by atoms with E-state index in [1.807, 2.05) is 0 Å². The van der Waals surface area contributed by atoms with Crippen LogP contribution < -0.4 is 10.8 Å². The Morgan fingerprint density at radius 1 is 1.16 bits per heavy atom. The van der Waals surface area contributed by atoms with Crippen LogP contribution in [0.1, 0.15) is 29.3 Å². The molecule has 2 amide bonds. The highest BCUT2D eigenvalue weighted by Crippen LogP contribution is 2.32. The number of rotatable bonds is 7. The van der Waals surface area contributed by atoms with E-state index in [0.29, 0.717) is 12.0 Å². The largest absolute Gasteiger partial charge is 0.490 e. The standard InChI is InChI=1S/C20H22N2O7S.C2HF3O2/c1-2-29-20(13-30(27,28)14-20)17(19(25)22-26)21-18(24)16-10-8-15(9-11-16)7-5-3-4-6-12-23;3-2(4,5)1(6)7/h8-11,17,23,26H,2,6,12-14H2,1H3,(H,21,24)(H,22,25);(H,6,7). The van der Waals surface area contributed by atoms with Crippen molar-refractivity contribution in [2.75, 3.05) is 24.7 Å². The van der Waals surface area contributed by atoms with E-state index in [1.54, 1.807) is 19.1 Å². The van der Waals surface area contributed by atoms with Crippen molar-refractivity contribution in [1.29, 1.82) is 0 Å². The minimum atomic E-state index is -5.08. The molecule has 15 heteroatoms. The molecule has 0 aromatic heterocycles. The number of aliphatic hydroxyl groups is 1. The average Bonchev–Trinajstić information content (AvgIpc) is 2.80. The van der Waals surface area contributed by atoms with Gasteiger partial charge in [0.2, 0.25) is 0 Å². The number of aliphatic hydroxyl groups excluding tert-OH is 1. The number of hydroxylamine groups is 1. The second-order valence-electron chi connectivity index (χ2n) is 7.32. The van der Waals surface area contributed by atoms with E-state index >= 15 is 0 Å². The van der Waals surface area contributed by atoms with E-state index in [0.717, 1.165) is 0 Å². The van der Waals surface area contributed by atoms with Crippen LogP contribution in [0.2, 0.25) is 0 Å². The lowest BCUT2D eigenvalue weighted by Gasteiger charge is -2.45. The van der Waals surface area contributed by atoms with E-state index in [1.165, 1.54) is 17.6 Å². The number of ether oxygens (including phenoxy) is 1. The molecule has 1 saturated heterocycles. The molecule has 1 aromatic carbocycles. The fourth-order valence-electron chi connectivity index (χ4n) is 3.01. The summed E-state index contributed by atoms with van der Waals surface area (Å²) in [4.78, 5) is 33.7. The van der Waals surface area contributed by atoms with Gasteiger partial charge in [0.1, 0.15) is 11.6 Å². The molecular weight excluding hydrogens is 525 g/mol. The highest BCUT2D eigenvalue weighted by Gasteiger charge is 2.57. The lowest BCUT2D eigenvalue weighted by molar-refractivity contribution is -0.192. The Labute approximate surface area is 209 Å². The van der Waals surface area contributed by atoms with Gasteiger partial charge in [-0.2, -0.15) is 13.2 Å². The number of carbonyl (C=O) groups is 3. The Morgan fingerprint density at radius 2 is 1.73 bits per heavy atom. The van der Waals surface area contributed by atoms with E-state index in [4.69, 9.17) is 25.0 Å². The van der Waals surface area contributed by atoms with Crippen LogP contribution in [-0.2, 0) is 24.2 Å². The SMILES string of the molecule is CCOC1(C(NC(=O)c2ccc(C#CC#CCCO)cc2)C(=O)NO)CS(=O)(=O)C1.O=C(O)C(F)(F)F. The summed E-state index contributed by atoms with van der Waals surface area (Å²) in [7, 11) is -3.40. The summed E-state index contributed by atoms with van der Waals surface area (Å²) < 4.78 is 60.7. The molecule has 1 aliphatic heterocycles. The summed E-state index contributed by atoms with van der Waals surface area (Å²) in [5.41, 5.74) is 0.811. The van der Waals surface area contributed by atoms with Crippen molar-refractivity contribution in [3.05, 3.63) is 35.4 Å². The molecule has 2 rings (SSSR count). The molecule has 1 fully saturated rings. The summed E-state index contributed by atoms with van der Waals surface area (Å²) >= 11 is 0. The lowest BCUT2D eigenvalue weighted by Crippen LogP contribution is -2.71. The second-order valence-corrected chi connectivity index (χ2v) is 9.38. The van der Waals surface area contributed by atoms with Crippen LogP contribution in [0.4, 0.5) is 13.2 Å². The third-order valence-corrected chi connectivity index (χ3v) is 6.38. The molecule has 202 valence electrons. The maximum atomic E-state index is 12.6. The first-order valence-corrected chi connectivity index (χ1v) is 12.1. The number of carbonyl (C=O) groups excluding carboxylic acids is 2. The molecule has 0 bridgehead atoms. The number of hydrogen-bond acceptors (Lipinski definition) is 8. The maximum absolute atomic E-state index is 12.6. The number of aliphatic carboxylic acids is 1. The predicted molar refractivity (Wildman–Crippen MR) is 121 cm³/mol. The Hall–Kier alpha value is -3.63. The first-order valence-electron chi connectivity index (χ1n) is 10.3. The summed E-state index contributed by atoms with van der Waals surface area (Å²) in [6, 6.07) is 4.74. The van der Waals surface area contributed by atoms with Gasteiger partial charge in [-0.05, 0) is 43.0 Å². The summed E-state index contributed by atoms with van der Waals surface area (Å²) in [6.07, 6.45) is -4.75. The van der Waals surface area contributed by atoms with Gasteiger partial charge < -0.3 is 20.3 Å². The second kappa shape index (κ2) is 13.6. The fourth-order valence-corrected chi connectivity index (χ4v) is 4.91. The third kappa shape index (κ3) is 9.74. The van der Waals surface area contributed by atoms with Crippen molar-refractivity contribution in [3.8, 4) is 23.7 Å². The fraction of sp³-hybridized carbons (Fsp3) is 0.409. The van der Waals surface area contributed by atoms with Gasteiger partial charge in [0.05, 0.1) is 18.1 Å². The third-order valence-electron chi connectivity index (χ3n) is 4.52. The molecule has 0 radical (unpaired) electrons. The minimum Gasteiger partial charge on any atom is -0.475 e. The van der Waals surface area contributed by atoms with Crippen LogP contribution in [0.25, 0.3) is 0 Å². The van der Waals surface area contributed by atoms with Crippen LogP contribution in [0, 0.1) is 23.7 Å². The number of carboxylic acid groups (broad SMARTS) is 1. The number of halogens is 3. The first-order chi connectivity index (χ1) is 17.2. The number of alkyl halides is 3. The quantitative estimate of drug-likeness (QED) is 0.176. The summed E-state index contributed by atoms with van der Waals surface area (Å²) in [5, 5.41) is 27.3. The van der Waals surface area contributed by atoms with Crippen LogP contribution in [-0.4, -0.2) is 84.2 Å². The molecular formula is C22H23F3N2O9S. The molecule has 11 nitrogen and oxygen atoms in total. The van der Waals surface area contributed by atoms with Crippen molar-refractivity contribution < 1.29 is 56.1 Å². The molecule has 0 saturated carbocycles. The van der Waals surface area contributed by atoms with E-state index < -0.39 is 56.9 Å². The average molecular weight is 548 g/mol. The number of hydrogen-bond donors (Lipinski definition) is 5. The molecule has 0 spiro atoms. The van der Waals surface area contributed by atoms with Crippen molar-refractivity contribution >= 4 is 27.6 Å². The minimum absolute atomic E-state index is 0.0374. The van der Waals surface area contributed by atoms with Gasteiger partial charge in [0, 0.05) is 24.2 Å². The van der Waals surface area contributed by atoms with Crippen LogP contribution in [0.3, 0.4) is 0 Å². The van der Waals surface area contributed by atoms with Gasteiger partial charge in [0.25, 0.3) is 11.8 Å². The Balaban J connectivity index is 0.000000856. The molecule has 1 aromatic rings. The number of carboxylic acids is 1. The zero-order chi connectivity index (χ0) is 28.3. The molecule has 0 aliphatic carbocycles.